The molecule has 1 saturated heterocycles. The summed E-state index contributed by atoms with van der Waals surface area (Å²) in [5, 5.41) is 6.82. The van der Waals surface area contributed by atoms with Crippen LogP contribution in [0.3, 0.4) is 0 Å². The highest BCUT2D eigenvalue weighted by Gasteiger charge is 2.28. The first-order chi connectivity index (χ1) is 13.2. The third-order valence-electron chi connectivity index (χ3n) is 4.44. The van der Waals surface area contributed by atoms with E-state index in [0.29, 0.717) is 37.8 Å². The normalized spacial score (nSPS) is 16.9. The third kappa shape index (κ3) is 5.10. The Morgan fingerprint density at radius 2 is 2.33 bits per heavy atom. The Hall–Kier alpha value is -2.81. The molecule has 1 atom stereocenters. The number of carbonyl (C=O) groups excluding carboxylic acids is 2. The van der Waals surface area contributed by atoms with Gasteiger partial charge in [-0.1, -0.05) is 5.16 Å². The Morgan fingerprint density at radius 1 is 1.44 bits per heavy atom. The van der Waals surface area contributed by atoms with E-state index in [1.807, 2.05) is 6.07 Å². The van der Waals surface area contributed by atoms with Crippen molar-refractivity contribution in [1.82, 2.24) is 25.3 Å². The van der Waals surface area contributed by atoms with E-state index in [9.17, 15) is 9.59 Å². The minimum absolute atomic E-state index is 0.0464. The molecule has 1 aliphatic rings. The molecule has 0 saturated carbocycles. The summed E-state index contributed by atoms with van der Waals surface area (Å²) < 4.78 is 10.1. The number of ether oxygens (including phenoxy) is 1. The maximum atomic E-state index is 12.4. The van der Waals surface area contributed by atoms with Gasteiger partial charge >= 0.3 is 0 Å². The predicted molar refractivity (Wildman–Crippen MR) is 95.4 cm³/mol. The average Bonchev–Trinajstić information content (AvgIpc) is 3.18. The molecule has 2 aromatic rings. The maximum Gasteiger partial charge on any atom is 0.248 e. The van der Waals surface area contributed by atoms with Gasteiger partial charge in [0.1, 0.15) is 6.61 Å². The summed E-state index contributed by atoms with van der Waals surface area (Å²) in [6.07, 6.45) is 5.36. The fourth-order valence-corrected chi connectivity index (χ4v) is 3.04. The van der Waals surface area contributed by atoms with Gasteiger partial charge in [0.2, 0.25) is 23.5 Å². The fourth-order valence-electron chi connectivity index (χ4n) is 3.04. The largest absolute Gasteiger partial charge is 0.375 e. The highest BCUT2D eigenvalue weighted by atomic mass is 16.5. The number of methoxy groups -OCH3 is 1. The monoisotopic (exact) mass is 373 g/mol. The lowest BCUT2D eigenvalue weighted by Gasteiger charge is -2.31. The highest BCUT2D eigenvalue weighted by molar-refractivity contribution is 5.81. The molecule has 0 bridgehead atoms. The number of carbonyl (C=O) groups is 2. The second kappa shape index (κ2) is 9.22. The summed E-state index contributed by atoms with van der Waals surface area (Å²) in [7, 11) is 1.49. The van der Waals surface area contributed by atoms with E-state index in [1.165, 1.54) is 7.11 Å². The quantitative estimate of drug-likeness (QED) is 0.759. The van der Waals surface area contributed by atoms with Crippen LogP contribution in [0.15, 0.2) is 29.0 Å². The van der Waals surface area contributed by atoms with Gasteiger partial charge in [-0.15, -0.1) is 0 Å². The van der Waals surface area contributed by atoms with Crippen LogP contribution in [0.25, 0.3) is 11.4 Å². The molecule has 1 fully saturated rings. The summed E-state index contributed by atoms with van der Waals surface area (Å²) in [6.45, 7) is 1.55. The minimum atomic E-state index is -0.201. The number of amides is 2. The van der Waals surface area contributed by atoms with Crippen LogP contribution in [0, 0.1) is 5.92 Å². The van der Waals surface area contributed by atoms with E-state index >= 15 is 0 Å². The number of piperidine rings is 1. The Labute approximate surface area is 157 Å². The SMILES string of the molecule is COCC(=O)N1CCC[C@@H](C(=O)NCCc2nc(-c3cccnc3)no2)C1. The molecule has 3 rings (SSSR count). The zero-order valence-corrected chi connectivity index (χ0v) is 15.3. The van der Waals surface area contributed by atoms with Gasteiger partial charge < -0.3 is 19.5 Å². The van der Waals surface area contributed by atoms with Crippen molar-refractivity contribution >= 4 is 11.8 Å². The second-order valence-electron chi connectivity index (χ2n) is 6.41. The van der Waals surface area contributed by atoms with E-state index in [2.05, 4.69) is 20.4 Å². The van der Waals surface area contributed by atoms with Crippen LogP contribution in [0.5, 0.6) is 0 Å². The molecule has 27 heavy (non-hydrogen) atoms. The Balaban J connectivity index is 1.45. The van der Waals surface area contributed by atoms with Crippen LogP contribution in [0.1, 0.15) is 18.7 Å². The van der Waals surface area contributed by atoms with Crippen LogP contribution < -0.4 is 5.32 Å². The minimum Gasteiger partial charge on any atom is -0.375 e. The van der Waals surface area contributed by atoms with Gasteiger partial charge in [0, 0.05) is 51.1 Å². The number of pyridine rings is 1. The standard InChI is InChI=1S/C18H23N5O4/c1-26-12-16(24)23-9-3-5-14(11-23)18(25)20-8-6-15-21-17(22-27-15)13-4-2-7-19-10-13/h2,4,7,10,14H,3,5-6,8-9,11-12H2,1H3,(H,20,25)/t14-/m1/s1. The van der Waals surface area contributed by atoms with E-state index in [0.717, 1.165) is 18.4 Å². The van der Waals surface area contributed by atoms with Crippen molar-refractivity contribution in [2.75, 3.05) is 33.4 Å². The molecule has 9 heteroatoms. The molecular weight excluding hydrogens is 350 g/mol. The third-order valence-corrected chi connectivity index (χ3v) is 4.44. The van der Waals surface area contributed by atoms with Crippen LogP contribution in [-0.4, -0.2) is 65.2 Å². The average molecular weight is 373 g/mol. The number of rotatable bonds is 7. The van der Waals surface area contributed by atoms with Gasteiger partial charge in [-0.05, 0) is 25.0 Å². The summed E-state index contributed by atoms with van der Waals surface area (Å²) in [5.74, 6) is 0.590. The lowest BCUT2D eigenvalue weighted by Crippen LogP contribution is -2.46. The first kappa shape index (κ1) is 19.0. The Morgan fingerprint density at radius 3 is 3.11 bits per heavy atom. The molecule has 0 aliphatic carbocycles. The molecule has 0 unspecified atom stereocenters. The summed E-state index contributed by atoms with van der Waals surface area (Å²) >= 11 is 0. The molecule has 2 aromatic heterocycles. The topological polar surface area (TPSA) is 110 Å². The molecule has 0 radical (unpaired) electrons. The van der Waals surface area contributed by atoms with Gasteiger partial charge in [-0.25, -0.2) is 0 Å². The number of nitrogens with zero attached hydrogens (tertiary/aromatic N) is 4. The molecule has 3 heterocycles. The van der Waals surface area contributed by atoms with Crippen molar-refractivity contribution < 1.29 is 18.8 Å². The first-order valence-electron chi connectivity index (χ1n) is 8.94. The van der Waals surface area contributed by atoms with E-state index < -0.39 is 0 Å². The molecule has 0 spiro atoms. The zero-order chi connectivity index (χ0) is 19.1. The second-order valence-corrected chi connectivity index (χ2v) is 6.41. The van der Waals surface area contributed by atoms with Crippen molar-refractivity contribution in [1.29, 1.82) is 0 Å². The number of likely N-dealkylation sites (tertiary alicyclic amines) is 1. The van der Waals surface area contributed by atoms with E-state index in [-0.39, 0.29) is 24.3 Å². The van der Waals surface area contributed by atoms with Gasteiger partial charge in [0.25, 0.3) is 0 Å². The highest BCUT2D eigenvalue weighted by Crippen LogP contribution is 2.17. The molecule has 2 amide bonds. The number of nitrogens with one attached hydrogen (secondary N) is 1. The first-order valence-corrected chi connectivity index (χ1v) is 8.94. The van der Waals surface area contributed by atoms with Gasteiger partial charge in [0.15, 0.2) is 0 Å². The molecule has 1 aliphatic heterocycles. The van der Waals surface area contributed by atoms with Crippen LogP contribution in [0.4, 0.5) is 0 Å². The van der Waals surface area contributed by atoms with Crippen molar-refractivity contribution in [2.45, 2.75) is 19.3 Å². The van der Waals surface area contributed by atoms with Crippen LogP contribution in [0.2, 0.25) is 0 Å². The lowest BCUT2D eigenvalue weighted by molar-refractivity contribution is -0.138. The maximum absolute atomic E-state index is 12.4. The summed E-state index contributed by atoms with van der Waals surface area (Å²) in [6, 6.07) is 3.65. The Bertz CT molecular complexity index is 764. The van der Waals surface area contributed by atoms with E-state index in [1.54, 1.807) is 23.4 Å². The van der Waals surface area contributed by atoms with Crippen LogP contribution in [-0.2, 0) is 20.7 Å². The van der Waals surface area contributed by atoms with Crippen molar-refractivity contribution in [2.24, 2.45) is 5.92 Å². The smallest absolute Gasteiger partial charge is 0.248 e. The predicted octanol–water partition coefficient (Wildman–Crippen LogP) is 0.675. The van der Waals surface area contributed by atoms with Gasteiger partial charge in [-0.3, -0.25) is 14.6 Å². The molecule has 1 N–H and O–H groups in total. The summed E-state index contributed by atoms with van der Waals surface area (Å²) in [4.78, 5) is 34.3. The zero-order valence-electron chi connectivity index (χ0n) is 15.3. The summed E-state index contributed by atoms with van der Waals surface area (Å²) in [5.41, 5.74) is 0.777. The van der Waals surface area contributed by atoms with Crippen molar-refractivity contribution in [3.8, 4) is 11.4 Å². The number of aromatic nitrogens is 3. The van der Waals surface area contributed by atoms with Crippen molar-refractivity contribution in [3.63, 3.8) is 0 Å². The molecule has 144 valence electrons. The molecular formula is C18H23N5O4. The number of hydrogen-bond donors (Lipinski definition) is 1. The Kier molecular flexibility index (Phi) is 6.48. The van der Waals surface area contributed by atoms with Gasteiger partial charge in [0.05, 0.1) is 5.92 Å². The fraction of sp³-hybridized carbons (Fsp3) is 0.500. The van der Waals surface area contributed by atoms with E-state index in [4.69, 9.17) is 9.26 Å². The van der Waals surface area contributed by atoms with Gasteiger partial charge in [-0.2, -0.15) is 4.98 Å². The number of hydrogen-bond acceptors (Lipinski definition) is 7. The van der Waals surface area contributed by atoms with Crippen LogP contribution >= 0.6 is 0 Å². The molecule has 0 aromatic carbocycles. The lowest BCUT2D eigenvalue weighted by atomic mass is 9.97. The molecule has 9 nitrogen and oxygen atoms in total. The van der Waals surface area contributed by atoms with Crippen molar-refractivity contribution in [3.05, 3.63) is 30.4 Å².